The van der Waals surface area contributed by atoms with Crippen LogP contribution in [-0.4, -0.2) is 39.0 Å². The molecular formula is C10H17NO2. The molecule has 13 heavy (non-hydrogen) atoms. The zero-order valence-corrected chi connectivity index (χ0v) is 7.92. The first-order chi connectivity index (χ1) is 6.39. The summed E-state index contributed by atoms with van der Waals surface area (Å²) in [5.74, 6) is 0.863. The Balaban J connectivity index is 1.48. The largest absolute Gasteiger partial charge is 0.380 e. The molecule has 0 aromatic rings. The van der Waals surface area contributed by atoms with E-state index in [0.717, 1.165) is 38.9 Å². The maximum absolute atomic E-state index is 5.45. The van der Waals surface area contributed by atoms with Crippen molar-refractivity contribution in [2.45, 2.75) is 18.9 Å². The van der Waals surface area contributed by atoms with Gasteiger partial charge in [-0.2, -0.15) is 0 Å². The van der Waals surface area contributed by atoms with Gasteiger partial charge in [0.2, 0.25) is 0 Å². The van der Waals surface area contributed by atoms with E-state index in [4.69, 9.17) is 9.47 Å². The highest BCUT2D eigenvalue weighted by molar-refractivity contribution is 5.07. The van der Waals surface area contributed by atoms with E-state index in [-0.39, 0.29) is 0 Å². The molecule has 3 nitrogen and oxygen atoms in total. The molecule has 2 saturated heterocycles. The third-order valence-electron chi connectivity index (χ3n) is 3.74. The van der Waals surface area contributed by atoms with Crippen molar-refractivity contribution in [2.24, 2.45) is 11.3 Å². The monoisotopic (exact) mass is 183 g/mol. The predicted octanol–water partition coefficient (Wildman–Crippen LogP) is 0.401. The molecule has 3 atom stereocenters. The van der Waals surface area contributed by atoms with Gasteiger partial charge in [0.05, 0.1) is 19.8 Å². The fourth-order valence-electron chi connectivity index (χ4n) is 2.56. The fraction of sp³-hybridized carbons (Fsp3) is 1.00. The molecule has 3 fully saturated rings. The van der Waals surface area contributed by atoms with Crippen molar-refractivity contribution in [1.82, 2.24) is 5.32 Å². The normalized spacial score (nSPS) is 48.0. The Hall–Kier alpha value is -0.120. The molecule has 3 unspecified atom stereocenters. The van der Waals surface area contributed by atoms with Gasteiger partial charge < -0.3 is 14.8 Å². The highest BCUT2D eigenvalue weighted by Gasteiger charge is 2.57. The van der Waals surface area contributed by atoms with Crippen LogP contribution < -0.4 is 5.32 Å². The summed E-state index contributed by atoms with van der Waals surface area (Å²) in [6, 6.07) is 0.608. The molecule has 2 heterocycles. The first-order valence-corrected chi connectivity index (χ1v) is 5.28. The van der Waals surface area contributed by atoms with Crippen LogP contribution in [0.1, 0.15) is 12.8 Å². The molecule has 0 radical (unpaired) electrons. The molecule has 2 aliphatic heterocycles. The van der Waals surface area contributed by atoms with E-state index < -0.39 is 0 Å². The minimum absolute atomic E-state index is 0.530. The molecule has 0 aromatic heterocycles. The topological polar surface area (TPSA) is 30.5 Å². The van der Waals surface area contributed by atoms with Crippen LogP contribution in [0.5, 0.6) is 0 Å². The summed E-state index contributed by atoms with van der Waals surface area (Å²) in [5, 5.41) is 3.60. The zero-order chi connectivity index (χ0) is 8.73. The van der Waals surface area contributed by atoms with Gasteiger partial charge in [0.25, 0.3) is 0 Å². The molecule has 1 saturated carbocycles. The molecule has 3 rings (SSSR count). The molecule has 74 valence electrons. The van der Waals surface area contributed by atoms with Crippen molar-refractivity contribution in [1.29, 1.82) is 0 Å². The Morgan fingerprint density at radius 3 is 2.92 bits per heavy atom. The first kappa shape index (κ1) is 8.21. The second-order valence-electron chi connectivity index (χ2n) is 4.72. The maximum atomic E-state index is 5.45. The minimum Gasteiger partial charge on any atom is -0.380 e. The van der Waals surface area contributed by atoms with Crippen LogP contribution in [0.2, 0.25) is 0 Å². The molecule has 3 aliphatic rings. The summed E-state index contributed by atoms with van der Waals surface area (Å²) < 4.78 is 10.8. The third-order valence-corrected chi connectivity index (χ3v) is 3.74. The lowest BCUT2D eigenvalue weighted by molar-refractivity contribution is 0.143. The van der Waals surface area contributed by atoms with Crippen LogP contribution in [0.25, 0.3) is 0 Å². The Labute approximate surface area is 78.8 Å². The lowest BCUT2D eigenvalue weighted by atomic mass is 10.1. The lowest BCUT2D eigenvalue weighted by Gasteiger charge is -2.15. The van der Waals surface area contributed by atoms with Gasteiger partial charge in [-0.3, -0.25) is 0 Å². The molecule has 0 aromatic carbocycles. The van der Waals surface area contributed by atoms with Gasteiger partial charge in [0.15, 0.2) is 0 Å². The fourth-order valence-corrected chi connectivity index (χ4v) is 2.56. The van der Waals surface area contributed by atoms with Crippen molar-refractivity contribution < 1.29 is 9.47 Å². The molecule has 0 spiro atoms. The van der Waals surface area contributed by atoms with Crippen molar-refractivity contribution in [3.8, 4) is 0 Å². The van der Waals surface area contributed by atoms with E-state index in [1.165, 1.54) is 12.8 Å². The molecule has 0 amide bonds. The molecule has 0 bridgehead atoms. The SMILES string of the molecule is C1CC(NCC23COCC2C3)CO1. The van der Waals surface area contributed by atoms with Crippen LogP contribution in [0.3, 0.4) is 0 Å². The Bertz CT molecular complexity index is 203. The minimum atomic E-state index is 0.530. The second-order valence-corrected chi connectivity index (χ2v) is 4.72. The van der Waals surface area contributed by atoms with Gasteiger partial charge in [0, 0.05) is 24.6 Å². The summed E-state index contributed by atoms with van der Waals surface area (Å²) >= 11 is 0. The maximum Gasteiger partial charge on any atom is 0.0620 e. The average Bonchev–Trinajstić information content (AvgIpc) is 2.61. The van der Waals surface area contributed by atoms with Gasteiger partial charge in [-0.05, 0) is 18.8 Å². The predicted molar refractivity (Wildman–Crippen MR) is 48.6 cm³/mol. The van der Waals surface area contributed by atoms with Crippen molar-refractivity contribution in [3.63, 3.8) is 0 Å². The van der Waals surface area contributed by atoms with Gasteiger partial charge >= 0.3 is 0 Å². The van der Waals surface area contributed by atoms with E-state index in [9.17, 15) is 0 Å². The molecular weight excluding hydrogens is 166 g/mol. The highest BCUT2D eigenvalue weighted by atomic mass is 16.5. The molecule has 1 aliphatic carbocycles. The number of hydrogen-bond acceptors (Lipinski definition) is 3. The quantitative estimate of drug-likeness (QED) is 0.687. The van der Waals surface area contributed by atoms with Gasteiger partial charge in [-0.1, -0.05) is 0 Å². The standard InChI is InChI=1S/C10H17NO2/c1-2-12-5-9(1)11-6-10-3-8(10)4-13-7-10/h8-9,11H,1-7H2. The summed E-state index contributed by atoms with van der Waals surface area (Å²) in [4.78, 5) is 0. The Kier molecular flexibility index (Phi) is 1.86. The van der Waals surface area contributed by atoms with Crippen molar-refractivity contribution in [2.75, 3.05) is 33.0 Å². The van der Waals surface area contributed by atoms with Crippen LogP contribution >= 0.6 is 0 Å². The number of nitrogens with one attached hydrogen (secondary N) is 1. The number of ether oxygens (including phenoxy) is 2. The summed E-state index contributed by atoms with van der Waals surface area (Å²) in [6.45, 7) is 4.97. The highest BCUT2D eigenvalue weighted by Crippen LogP contribution is 2.56. The average molecular weight is 183 g/mol. The Morgan fingerprint density at radius 1 is 1.31 bits per heavy atom. The second kappa shape index (κ2) is 2.94. The van der Waals surface area contributed by atoms with Gasteiger partial charge in [-0.15, -0.1) is 0 Å². The van der Waals surface area contributed by atoms with Crippen molar-refractivity contribution >= 4 is 0 Å². The van der Waals surface area contributed by atoms with E-state index in [2.05, 4.69) is 5.32 Å². The van der Waals surface area contributed by atoms with Crippen LogP contribution in [0, 0.1) is 11.3 Å². The zero-order valence-electron chi connectivity index (χ0n) is 7.92. The number of hydrogen-bond donors (Lipinski definition) is 1. The smallest absolute Gasteiger partial charge is 0.0620 e. The summed E-state index contributed by atoms with van der Waals surface area (Å²) in [6.07, 6.45) is 2.56. The van der Waals surface area contributed by atoms with E-state index >= 15 is 0 Å². The van der Waals surface area contributed by atoms with E-state index in [0.29, 0.717) is 11.5 Å². The molecule has 1 N–H and O–H groups in total. The van der Waals surface area contributed by atoms with Crippen LogP contribution in [0.15, 0.2) is 0 Å². The van der Waals surface area contributed by atoms with Gasteiger partial charge in [-0.25, -0.2) is 0 Å². The third kappa shape index (κ3) is 1.39. The van der Waals surface area contributed by atoms with Crippen molar-refractivity contribution in [3.05, 3.63) is 0 Å². The molecule has 3 heteroatoms. The number of rotatable bonds is 3. The van der Waals surface area contributed by atoms with Crippen LogP contribution in [0.4, 0.5) is 0 Å². The number of fused-ring (bicyclic) bond motifs is 1. The van der Waals surface area contributed by atoms with E-state index in [1.54, 1.807) is 0 Å². The Morgan fingerprint density at radius 2 is 2.31 bits per heavy atom. The first-order valence-electron chi connectivity index (χ1n) is 5.28. The summed E-state index contributed by atoms with van der Waals surface area (Å²) in [5.41, 5.74) is 0.530. The van der Waals surface area contributed by atoms with Crippen LogP contribution in [-0.2, 0) is 9.47 Å². The summed E-state index contributed by atoms with van der Waals surface area (Å²) in [7, 11) is 0. The van der Waals surface area contributed by atoms with Gasteiger partial charge in [0.1, 0.15) is 0 Å². The lowest BCUT2D eigenvalue weighted by Crippen LogP contribution is -2.35. The van der Waals surface area contributed by atoms with E-state index in [1.807, 2.05) is 0 Å².